The number of methoxy groups -OCH3 is 1. The third-order valence-electron chi connectivity index (χ3n) is 5.71. The number of imidazole rings is 1. The van der Waals surface area contributed by atoms with Gasteiger partial charge in [0.25, 0.3) is 0 Å². The molecule has 4 aromatic rings. The zero-order valence-corrected chi connectivity index (χ0v) is 19.5. The lowest BCUT2D eigenvalue weighted by molar-refractivity contribution is -0.119. The van der Waals surface area contributed by atoms with Crippen LogP contribution in [0.4, 0.5) is 5.69 Å². The second kappa shape index (κ2) is 8.62. The first-order valence-corrected chi connectivity index (χ1v) is 12.8. The number of carbonyl (C=O) groups excluding carboxylic acids is 1. The summed E-state index contributed by atoms with van der Waals surface area (Å²) in [6.45, 7) is 0.308. The van der Waals surface area contributed by atoms with E-state index in [1.807, 2.05) is 34.3 Å². The average molecular weight is 483 g/mol. The summed E-state index contributed by atoms with van der Waals surface area (Å²) in [5.74, 6) is 0.239. The average Bonchev–Trinajstić information content (AvgIpc) is 3.56. The Balaban J connectivity index is 1.30. The zero-order valence-electron chi connectivity index (χ0n) is 17.8. The van der Waals surface area contributed by atoms with Gasteiger partial charge >= 0.3 is 0 Å². The van der Waals surface area contributed by atoms with E-state index in [1.54, 1.807) is 35.6 Å². The molecule has 1 aliphatic heterocycles. The number of aromatic nitrogens is 2. The molecule has 1 aliphatic rings. The minimum absolute atomic E-state index is 0.146. The van der Waals surface area contributed by atoms with Gasteiger partial charge in [0, 0.05) is 35.6 Å². The number of amides is 1. The molecule has 2 aromatic heterocycles. The fraction of sp³-hybridized carbons (Fsp3) is 0.217. The molecule has 1 N–H and O–H groups in total. The van der Waals surface area contributed by atoms with Gasteiger partial charge in [0.1, 0.15) is 11.8 Å². The first-order valence-electron chi connectivity index (χ1n) is 10.4. The van der Waals surface area contributed by atoms with Gasteiger partial charge in [0.05, 0.1) is 17.7 Å². The zero-order chi connectivity index (χ0) is 23.0. The summed E-state index contributed by atoms with van der Waals surface area (Å²) in [5, 5.41) is 4.85. The highest BCUT2D eigenvalue weighted by Gasteiger charge is 2.39. The van der Waals surface area contributed by atoms with Crippen molar-refractivity contribution in [2.24, 2.45) is 0 Å². The first kappa shape index (κ1) is 21.6. The van der Waals surface area contributed by atoms with E-state index in [-0.39, 0.29) is 10.8 Å². The van der Waals surface area contributed by atoms with Crippen molar-refractivity contribution in [3.63, 3.8) is 0 Å². The van der Waals surface area contributed by atoms with E-state index in [2.05, 4.69) is 10.3 Å². The SMILES string of the molecule is COc1ccc(S(=O)(=O)N2CCCC2C(=O)Nc2ccc(-c3cn4ccsc4n3)cc2)cc1. The van der Waals surface area contributed by atoms with Crippen LogP contribution in [-0.2, 0) is 14.8 Å². The van der Waals surface area contributed by atoms with Crippen LogP contribution in [0.15, 0.2) is 71.2 Å². The number of benzene rings is 2. The minimum atomic E-state index is -3.79. The molecular weight excluding hydrogens is 460 g/mol. The quantitative estimate of drug-likeness (QED) is 0.450. The van der Waals surface area contributed by atoms with Crippen LogP contribution in [-0.4, -0.2) is 47.7 Å². The van der Waals surface area contributed by atoms with Crippen LogP contribution in [0.2, 0.25) is 0 Å². The second-order valence-electron chi connectivity index (χ2n) is 7.73. The maximum atomic E-state index is 13.2. The van der Waals surface area contributed by atoms with Crippen LogP contribution < -0.4 is 10.1 Å². The van der Waals surface area contributed by atoms with Crippen LogP contribution in [0, 0.1) is 0 Å². The third-order valence-corrected chi connectivity index (χ3v) is 8.41. The van der Waals surface area contributed by atoms with Gasteiger partial charge in [-0.3, -0.25) is 9.20 Å². The predicted octanol–water partition coefficient (Wildman–Crippen LogP) is 3.86. The predicted molar refractivity (Wildman–Crippen MR) is 127 cm³/mol. The third kappa shape index (κ3) is 4.12. The Hall–Kier alpha value is -3.21. The molecule has 170 valence electrons. The number of rotatable bonds is 6. The molecule has 1 unspecified atom stereocenters. The largest absolute Gasteiger partial charge is 0.497 e. The van der Waals surface area contributed by atoms with Crippen molar-refractivity contribution in [3.8, 4) is 17.0 Å². The highest BCUT2D eigenvalue weighted by atomic mass is 32.2. The van der Waals surface area contributed by atoms with Gasteiger partial charge in [0.15, 0.2) is 4.96 Å². The Morgan fingerprint density at radius 1 is 1.15 bits per heavy atom. The summed E-state index contributed by atoms with van der Waals surface area (Å²) in [7, 11) is -2.27. The second-order valence-corrected chi connectivity index (χ2v) is 10.5. The molecule has 1 saturated heterocycles. The number of carbonyl (C=O) groups is 1. The molecule has 2 aromatic carbocycles. The number of nitrogens with zero attached hydrogens (tertiary/aromatic N) is 3. The highest BCUT2D eigenvalue weighted by Crippen LogP contribution is 2.29. The smallest absolute Gasteiger partial charge is 0.243 e. The summed E-state index contributed by atoms with van der Waals surface area (Å²) in [6, 6.07) is 12.8. The van der Waals surface area contributed by atoms with Gasteiger partial charge in [-0.2, -0.15) is 4.31 Å². The normalized spacial score (nSPS) is 16.8. The minimum Gasteiger partial charge on any atom is -0.497 e. The monoisotopic (exact) mass is 482 g/mol. The summed E-state index contributed by atoms with van der Waals surface area (Å²) < 4.78 is 34.7. The number of sulfonamides is 1. The van der Waals surface area contributed by atoms with Gasteiger partial charge in [0.2, 0.25) is 15.9 Å². The molecular formula is C23H22N4O4S2. The number of anilines is 1. The van der Waals surface area contributed by atoms with Crippen LogP contribution in [0.1, 0.15) is 12.8 Å². The standard InChI is InChI=1S/C23H22N4O4S2/c1-31-18-8-10-19(11-9-18)33(29,30)27-12-2-3-21(27)22(28)24-17-6-4-16(5-7-17)20-15-26-13-14-32-23(26)25-20/h4-11,13-15,21H,2-3,12H2,1H3,(H,24,28). The van der Waals surface area contributed by atoms with Crippen molar-refractivity contribution >= 4 is 37.9 Å². The molecule has 0 aliphatic carbocycles. The lowest BCUT2D eigenvalue weighted by atomic mass is 10.1. The van der Waals surface area contributed by atoms with Gasteiger partial charge in [-0.15, -0.1) is 11.3 Å². The molecule has 1 fully saturated rings. The van der Waals surface area contributed by atoms with E-state index in [1.165, 1.54) is 23.5 Å². The number of hydrogen-bond donors (Lipinski definition) is 1. The molecule has 10 heteroatoms. The van der Waals surface area contributed by atoms with E-state index in [9.17, 15) is 13.2 Å². The summed E-state index contributed by atoms with van der Waals surface area (Å²) >= 11 is 1.57. The van der Waals surface area contributed by atoms with Crippen molar-refractivity contribution in [1.29, 1.82) is 0 Å². The van der Waals surface area contributed by atoms with Gasteiger partial charge in [-0.25, -0.2) is 13.4 Å². The van der Waals surface area contributed by atoms with Crippen LogP contribution in [0.25, 0.3) is 16.2 Å². The molecule has 0 saturated carbocycles. The van der Waals surface area contributed by atoms with Crippen molar-refractivity contribution < 1.29 is 17.9 Å². The van der Waals surface area contributed by atoms with E-state index in [0.717, 1.165) is 16.2 Å². The van der Waals surface area contributed by atoms with Crippen molar-refractivity contribution in [2.45, 2.75) is 23.8 Å². The Bertz CT molecular complexity index is 1360. The van der Waals surface area contributed by atoms with Gasteiger partial charge in [-0.1, -0.05) is 12.1 Å². The van der Waals surface area contributed by atoms with Gasteiger partial charge in [-0.05, 0) is 49.2 Å². The fourth-order valence-corrected chi connectivity index (χ4v) is 6.35. The summed E-state index contributed by atoms with van der Waals surface area (Å²) in [4.78, 5) is 18.6. The topological polar surface area (TPSA) is 93.0 Å². The first-order chi connectivity index (χ1) is 16.0. The highest BCUT2D eigenvalue weighted by molar-refractivity contribution is 7.89. The Labute approximate surface area is 195 Å². The molecule has 1 atom stereocenters. The maximum absolute atomic E-state index is 13.2. The maximum Gasteiger partial charge on any atom is 0.243 e. The number of ether oxygens (including phenoxy) is 1. The molecule has 1 amide bonds. The number of nitrogens with one attached hydrogen (secondary N) is 1. The van der Waals surface area contributed by atoms with Crippen molar-refractivity contribution in [2.75, 3.05) is 19.0 Å². The lowest BCUT2D eigenvalue weighted by Gasteiger charge is -2.23. The number of hydrogen-bond acceptors (Lipinski definition) is 6. The molecule has 3 heterocycles. The molecule has 0 radical (unpaired) electrons. The van der Waals surface area contributed by atoms with Crippen LogP contribution in [0.5, 0.6) is 5.75 Å². The van der Waals surface area contributed by atoms with Crippen LogP contribution in [0.3, 0.4) is 0 Å². The molecule has 0 bridgehead atoms. The summed E-state index contributed by atoms with van der Waals surface area (Å²) in [6.07, 6.45) is 5.02. The van der Waals surface area contributed by atoms with Crippen LogP contribution >= 0.6 is 11.3 Å². The van der Waals surface area contributed by atoms with Crippen molar-refractivity contribution in [3.05, 3.63) is 66.3 Å². The Morgan fingerprint density at radius 3 is 2.61 bits per heavy atom. The van der Waals surface area contributed by atoms with Crippen molar-refractivity contribution in [1.82, 2.24) is 13.7 Å². The Morgan fingerprint density at radius 2 is 1.91 bits per heavy atom. The van der Waals surface area contributed by atoms with E-state index >= 15 is 0 Å². The lowest BCUT2D eigenvalue weighted by Crippen LogP contribution is -2.43. The van der Waals surface area contributed by atoms with E-state index in [4.69, 9.17) is 4.74 Å². The number of fused-ring (bicyclic) bond motifs is 1. The molecule has 0 spiro atoms. The molecule has 33 heavy (non-hydrogen) atoms. The molecule has 5 rings (SSSR count). The fourth-order valence-electron chi connectivity index (χ4n) is 3.99. The number of thiazole rings is 1. The van der Waals surface area contributed by atoms with E-state index < -0.39 is 16.1 Å². The summed E-state index contributed by atoms with van der Waals surface area (Å²) in [5.41, 5.74) is 2.40. The van der Waals surface area contributed by atoms with Gasteiger partial charge < -0.3 is 10.1 Å². The molecule has 8 nitrogen and oxygen atoms in total. The Kier molecular flexibility index (Phi) is 5.65. The van der Waals surface area contributed by atoms with E-state index in [0.29, 0.717) is 30.8 Å².